The molecule has 4 amide bonds. The number of piperidine rings is 1. The van der Waals surface area contributed by atoms with Crippen molar-refractivity contribution in [3.8, 4) is 27.6 Å². The van der Waals surface area contributed by atoms with Crippen LogP contribution < -0.4 is 31.3 Å². The SMILES string of the molecule is Cc1ncsc1-c1ccc(CNC(=O)[C@@H]2C[C@@H](O)CN2C(=O)[C@@H](NC(=O)CCCCCOCCOCCOCCCCCCOc2cccc([C@@H](C)NC(=O)c3cccc(NC4(c5nc(-c6ccncc6)n[nH]5)CCNCC4)c3)c2)C(C)(C)C)cc1.Cl. The van der Waals surface area contributed by atoms with Crippen molar-refractivity contribution in [1.82, 2.24) is 51.3 Å². The van der Waals surface area contributed by atoms with Gasteiger partial charge in [0, 0.05) is 68.4 Å². The van der Waals surface area contributed by atoms with E-state index >= 15 is 0 Å². The number of unbranched alkanes of at least 4 members (excludes halogenated alkanes) is 5. The molecule has 2 fully saturated rings. The molecule has 6 aromatic rings. The molecular formula is C65H88ClN11O9S. The van der Waals surface area contributed by atoms with Gasteiger partial charge in [-0.25, -0.2) is 9.97 Å². The van der Waals surface area contributed by atoms with Crippen molar-refractivity contribution in [2.45, 2.75) is 142 Å². The molecule has 22 heteroatoms. The van der Waals surface area contributed by atoms with Crippen molar-refractivity contribution in [2.24, 2.45) is 5.41 Å². The highest BCUT2D eigenvalue weighted by molar-refractivity contribution is 7.13. The molecule has 87 heavy (non-hydrogen) atoms. The number of halogens is 1. The molecule has 0 bridgehead atoms. The number of hydrogen-bond acceptors (Lipinski definition) is 16. The van der Waals surface area contributed by atoms with Gasteiger partial charge in [-0.2, -0.15) is 5.10 Å². The van der Waals surface area contributed by atoms with Crippen molar-refractivity contribution < 1.29 is 43.2 Å². The van der Waals surface area contributed by atoms with Crippen LogP contribution in [0.1, 0.15) is 137 Å². The van der Waals surface area contributed by atoms with Gasteiger partial charge in [-0.05, 0) is 136 Å². The lowest BCUT2D eigenvalue weighted by Gasteiger charge is -2.37. The topological polar surface area (TPSA) is 256 Å². The molecule has 3 aromatic heterocycles. The monoisotopic (exact) mass is 1230 g/mol. The van der Waals surface area contributed by atoms with E-state index in [0.717, 1.165) is 115 Å². The number of thiazole rings is 1. The zero-order chi connectivity index (χ0) is 60.7. The fourth-order valence-electron chi connectivity index (χ4n) is 10.7. The second-order valence-electron chi connectivity index (χ2n) is 23.4. The molecule has 0 unspecified atom stereocenters. The Morgan fingerprint density at radius 2 is 1.48 bits per heavy atom. The molecule has 4 atom stereocenters. The lowest BCUT2D eigenvalue weighted by atomic mass is 9.85. The summed E-state index contributed by atoms with van der Waals surface area (Å²) in [6, 6.07) is 25.2. The highest BCUT2D eigenvalue weighted by Crippen LogP contribution is 2.35. The molecule has 5 heterocycles. The van der Waals surface area contributed by atoms with E-state index in [2.05, 4.69) is 46.7 Å². The number of anilines is 1. The Morgan fingerprint density at radius 1 is 0.805 bits per heavy atom. The summed E-state index contributed by atoms with van der Waals surface area (Å²) in [5.74, 6) is 1.03. The van der Waals surface area contributed by atoms with E-state index in [4.69, 9.17) is 23.9 Å². The summed E-state index contributed by atoms with van der Waals surface area (Å²) in [4.78, 5) is 70.1. The first-order valence-electron chi connectivity index (χ1n) is 30.4. The number of aliphatic hydroxyl groups is 1. The third-order valence-electron chi connectivity index (χ3n) is 15.6. The van der Waals surface area contributed by atoms with E-state index in [1.165, 1.54) is 4.90 Å². The van der Waals surface area contributed by atoms with Crippen LogP contribution in [0.2, 0.25) is 0 Å². The van der Waals surface area contributed by atoms with Crippen LogP contribution in [-0.2, 0) is 40.7 Å². The van der Waals surface area contributed by atoms with Crippen molar-refractivity contribution in [2.75, 3.05) is 71.2 Å². The number of aromatic nitrogens is 5. The first kappa shape index (κ1) is 67.7. The number of β-amino-alcohol motifs (C(OH)–C–C–N with tert-alkyl or cyclic N) is 1. The average Bonchev–Trinajstić information content (AvgIpc) is 2.34. The number of aromatic amines is 1. The maximum Gasteiger partial charge on any atom is 0.251 e. The van der Waals surface area contributed by atoms with E-state index in [1.807, 2.05) is 125 Å². The number of pyridine rings is 1. The number of ether oxygens (including phenoxy) is 4. The summed E-state index contributed by atoms with van der Waals surface area (Å²) in [5, 5.41) is 34.5. The first-order chi connectivity index (χ1) is 41.7. The number of amides is 4. The molecule has 3 aromatic carbocycles. The molecule has 8 rings (SSSR count). The highest BCUT2D eigenvalue weighted by atomic mass is 35.5. The van der Waals surface area contributed by atoms with Gasteiger partial charge in [-0.1, -0.05) is 76.1 Å². The average molecular weight is 1240 g/mol. The van der Waals surface area contributed by atoms with E-state index in [-0.39, 0.29) is 68.0 Å². The Hall–Kier alpha value is -6.85. The van der Waals surface area contributed by atoms with E-state index in [1.54, 1.807) is 23.7 Å². The van der Waals surface area contributed by atoms with Gasteiger partial charge in [0.15, 0.2) is 11.6 Å². The standard InChI is InChI=1S/C65H87N11O9S.ClH/c1-45(70-60(79)51-16-13-17-52(39-51)73-65(26-30-67-31-27-65)63-72-59(74-75-63)49-24-28-66-29-25-49)50-15-14-18-54(40-50)85-34-12-7-6-10-32-82-35-37-84-38-36-83-33-11-8-9-19-56(78)71-58(64(3,4)5)62(81)76-43-53(77)41-55(76)61(80)68-42-47-20-22-48(23-21-47)57-46(2)69-44-86-57;/h13-18,20-25,28-29,39-40,44-45,53,55,58,67,73,77H,6-12,19,26-27,30-38,41-43H2,1-5H3,(H,68,80)(H,70,79)(H,71,78)(H,72,74,75);1H/t45-,53-,55+,58-;/m1./s1. The first-order valence-corrected chi connectivity index (χ1v) is 31.3. The van der Waals surface area contributed by atoms with Crippen LogP contribution in [0.3, 0.4) is 0 Å². The fraction of sp³-hybridized carbons (Fsp3) is 0.508. The van der Waals surface area contributed by atoms with Gasteiger partial charge in [-0.3, -0.25) is 29.3 Å². The van der Waals surface area contributed by atoms with E-state index in [0.29, 0.717) is 64.1 Å². The van der Waals surface area contributed by atoms with Gasteiger partial charge < -0.3 is 55.5 Å². The number of aliphatic hydroxyl groups excluding tert-OH is 1. The minimum absolute atomic E-state index is 0. The normalized spacial score (nSPS) is 16.3. The van der Waals surface area contributed by atoms with E-state index in [9.17, 15) is 24.3 Å². The lowest BCUT2D eigenvalue weighted by Crippen LogP contribution is -2.57. The molecule has 0 radical (unpaired) electrons. The maximum atomic E-state index is 14.0. The van der Waals surface area contributed by atoms with Crippen molar-refractivity contribution in [1.29, 1.82) is 0 Å². The molecule has 20 nitrogen and oxygen atoms in total. The predicted octanol–water partition coefficient (Wildman–Crippen LogP) is 9.26. The number of benzene rings is 3. The molecular weight excluding hydrogens is 1150 g/mol. The fourth-order valence-corrected chi connectivity index (χ4v) is 11.5. The summed E-state index contributed by atoms with van der Waals surface area (Å²) in [5.41, 5.74) is 6.87. The largest absolute Gasteiger partial charge is 0.494 e. The van der Waals surface area contributed by atoms with Crippen LogP contribution in [0.5, 0.6) is 5.75 Å². The Kier molecular flexibility index (Phi) is 26.5. The third kappa shape index (κ3) is 20.4. The van der Waals surface area contributed by atoms with Crippen molar-refractivity contribution >= 4 is 53.1 Å². The molecule has 7 N–H and O–H groups in total. The third-order valence-corrected chi connectivity index (χ3v) is 16.6. The number of H-pyrrole nitrogens is 1. The number of carbonyl (C=O) groups is 4. The molecule has 2 aliphatic rings. The van der Waals surface area contributed by atoms with Crippen LogP contribution >= 0.6 is 23.7 Å². The molecule has 0 aliphatic carbocycles. The van der Waals surface area contributed by atoms with Gasteiger partial charge in [0.2, 0.25) is 17.7 Å². The number of aryl methyl sites for hydroxylation is 1. The number of nitrogens with one attached hydrogen (secondary N) is 6. The number of carbonyl (C=O) groups excluding carboxylic acids is 4. The Bertz CT molecular complexity index is 3080. The number of rotatable bonds is 33. The van der Waals surface area contributed by atoms with Crippen LogP contribution in [0.4, 0.5) is 5.69 Å². The van der Waals surface area contributed by atoms with Gasteiger partial charge >= 0.3 is 0 Å². The maximum absolute atomic E-state index is 14.0. The second kappa shape index (κ2) is 34.1. The minimum atomic E-state index is -0.872. The minimum Gasteiger partial charge on any atom is -0.494 e. The van der Waals surface area contributed by atoms with Crippen LogP contribution in [-0.4, -0.2) is 143 Å². The Morgan fingerprint density at radius 3 is 2.17 bits per heavy atom. The molecule has 2 saturated heterocycles. The summed E-state index contributed by atoms with van der Waals surface area (Å²) in [6.07, 6.45) is 10.7. The summed E-state index contributed by atoms with van der Waals surface area (Å²) >= 11 is 1.58. The van der Waals surface area contributed by atoms with Gasteiger partial charge in [-0.15, -0.1) is 23.7 Å². The van der Waals surface area contributed by atoms with Crippen LogP contribution in [0, 0.1) is 12.3 Å². The van der Waals surface area contributed by atoms with Crippen LogP contribution in [0.15, 0.2) is 103 Å². The zero-order valence-electron chi connectivity index (χ0n) is 50.9. The van der Waals surface area contributed by atoms with E-state index < -0.39 is 29.1 Å². The Labute approximate surface area is 521 Å². The second-order valence-corrected chi connectivity index (χ2v) is 24.3. The molecule has 2 aliphatic heterocycles. The van der Waals surface area contributed by atoms with Gasteiger partial charge in [0.25, 0.3) is 5.91 Å². The molecule has 0 spiro atoms. The van der Waals surface area contributed by atoms with Crippen molar-refractivity contribution in [3.05, 3.63) is 131 Å². The van der Waals surface area contributed by atoms with Crippen molar-refractivity contribution in [3.63, 3.8) is 0 Å². The Balaban J connectivity index is 0.0000108. The van der Waals surface area contributed by atoms with Crippen LogP contribution in [0.25, 0.3) is 21.8 Å². The predicted molar refractivity (Wildman–Crippen MR) is 340 cm³/mol. The number of hydrogen-bond donors (Lipinski definition) is 7. The smallest absolute Gasteiger partial charge is 0.251 e. The number of nitrogens with zero attached hydrogens (tertiary/aromatic N) is 5. The summed E-state index contributed by atoms with van der Waals surface area (Å²) in [6.45, 7) is 15.3. The zero-order valence-corrected chi connectivity index (χ0v) is 52.6. The highest BCUT2D eigenvalue weighted by Gasteiger charge is 2.44. The quantitative estimate of drug-likeness (QED) is 0.0190. The lowest BCUT2D eigenvalue weighted by molar-refractivity contribution is -0.144. The summed E-state index contributed by atoms with van der Waals surface area (Å²) in [7, 11) is 0. The van der Waals surface area contributed by atoms with Gasteiger partial charge in [0.05, 0.1) is 66.8 Å². The molecule has 470 valence electrons. The molecule has 0 saturated carbocycles. The number of likely N-dealkylation sites (tertiary alicyclic amines) is 1. The summed E-state index contributed by atoms with van der Waals surface area (Å²) < 4.78 is 23.3. The van der Waals surface area contributed by atoms with Gasteiger partial charge in [0.1, 0.15) is 17.8 Å².